The summed E-state index contributed by atoms with van der Waals surface area (Å²) in [5.74, 6) is -0.00932. The first-order valence-electron chi connectivity index (χ1n) is 6.67. The molecule has 0 aromatic heterocycles. The summed E-state index contributed by atoms with van der Waals surface area (Å²) in [4.78, 5) is 12.1. The van der Waals surface area contributed by atoms with Crippen LogP contribution in [0.3, 0.4) is 0 Å². The third-order valence-corrected chi connectivity index (χ3v) is 4.55. The molecule has 0 aliphatic heterocycles. The number of phenols is 1. The van der Waals surface area contributed by atoms with E-state index < -0.39 is 0 Å². The summed E-state index contributed by atoms with van der Waals surface area (Å²) in [6, 6.07) is 5.15. The molecular weight excluding hydrogens is 306 g/mol. The lowest BCUT2D eigenvalue weighted by molar-refractivity contribution is 0.0908. The number of carbonyl (C=O) groups excluding carboxylic acids is 1. The largest absolute Gasteiger partial charge is 0.507 e. The van der Waals surface area contributed by atoms with Crippen LogP contribution < -0.4 is 5.32 Å². The van der Waals surface area contributed by atoms with Gasteiger partial charge in [-0.1, -0.05) is 13.8 Å². The first-order chi connectivity index (χ1) is 8.87. The van der Waals surface area contributed by atoms with Crippen molar-refractivity contribution in [2.75, 3.05) is 0 Å². The molecule has 1 fully saturated rings. The van der Waals surface area contributed by atoms with Crippen molar-refractivity contribution < 1.29 is 9.90 Å². The lowest BCUT2D eigenvalue weighted by Crippen LogP contribution is -2.39. The van der Waals surface area contributed by atoms with Crippen LogP contribution in [-0.4, -0.2) is 17.1 Å². The third kappa shape index (κ3) is 3.72. The Bertz CT molecular complexity index is 475. The first-order valence-corrected chi connectivity index (χ1v) is 7.46. The highest BCUT2D eigenvalue weighted by Crippen LogP contribution is 2.35. The average Bonchev–Trinajstić information content (AvgIpc) is 2.35. The molecule has 0 bridgehead atoms. The van der Waals surface area contributed by atoms with E-state index in [9.17, 15) is 9.90 Å². The Morgan fingerprint density at radius 1 is 1.37 bits per heavy atom. The van der Waals surface area contributed by atoms with Gasteiger partial charge in [0.05, 0.1) is 4.47 Å². The quantitative estimate of drug-likeness (QED) is 0.867. The first kappa shape index (κ1) is 14.4. The maximum Gasteiger partial charge on any atom is 0.251 e. The molecule has 0 heterocycles. The Kier molecular flexibility index (Phi) is 4.19. The SMILES string of the molecule is CC1(C)CCC(NC(=O)c2ccc(Br)c(O)c2)CC1. The topological polar surface area (TPSA) is 49.3 Å². The van der Waals surface area contributed by atoms with Gasteiger partial charge in [-0.25, -0.2) is 0 Å². The Labute approximate surface area is 122 Å². The van der Waals surface area contributed by atoms with Crippen molar-refractivity contribution in [3.63, 3.8) is 0 Å². The van der Waals surface area contributed by atoms with Gasteiger partial charge in [0, 0.05) is 11.6 Å². The number of amides is 1. The molecule has 1 aliphatic carbocycles. The van der Waals surface area contributed by atoms with Crippen LogP contribution in [0.1, 0.15) is 49.9 Å². The highest BCUT2D eigenvalue weighted by atomic mass is 79.9. The summed E-state index contributed by atoms with van der Waals surface area (Å²) < 4.78 is 0.600. The number of benzene rings is 1. The number of hydrogen-bond donors (Lipinski definition) is 2. The molecule has 104 valence electrons. The van der Waals surface area contributed by atoms with E-state index in [4.69, 9.17) is 0 Å². The van der Waals surface area contributed by atoms with E-state index in [-0.39, 0.29) is 17.7 Å². The van der Waals surface area contributed by atoms with Crippen LogP contribution in [0.2, 0.25) is 0 Å². The molecule has 0 radical (unpaired) electrons. The molecule has 4 heteroatoms. The van der Waals surface area contributed by atoms with Gasteiger partial charge in [-0.2, -0.15) is 0 Å². The molecule has 0 saturated heterocycles. The monoisotopic (exact) mass is 325 g/mol. The van der Waals surface area contributed by atoms with E-state index in [2.05, 4.69) is 35.1 Å². The number of carbonyl (C=O) groups is 1. The number of phenolic OH excluding ortho intramolecular Hbond substituents is 1. The maximum absolute atomic E-state index is 12.1. The lowest BCUT2D eigenvalue weighted by atomic mass is 9.75. The molecule has 1 aromatic carbocycles. The standard InChI is InChI=1S/C15H20BrNO2/c1-15(2)7-5-11(6-8-15)17-14(19)10-3-4-12(16)13(18)9-10/h3-4,9,11,18H,5-8H2,1-2H3,(H,17,19). The van der Waals surface area contributed by atoms with Crippen molar-refractivity contribution in [1.82, 2.24) is 5.32 Å². The molecule has 1 amide bonds. The third-order valence-electron chi connectivity index (χ3n) is 3.88. The molecule has 2 N–H and O–H groups in total. The predicted octanol–water partition coefficient (Wildman–Crippen LogP) is 3.85. The predicted molar refractivity (Wildman–Crippen MR) is 79.3 cm³/mol. The summed E-state index contributed by atoms with van der Waals surface area (Å²) >= 11 is 3.21. The molecule has 2 rings (SSSR count). The van der Waals surface area contributed by atoms with Crippen molar-refractivity contribution >= 4 is 21.8 Å². The summed E-state index contributed by atoms with van der Waals surface area (Å²) in [6.45, 7) is 4.55. The van der Waals surface area contributed by atoms with E-state index in [1.54, 1.807) is 12.1 Å². The van der Waals surface area contributed by atoms with Crippen molar-refractivity contribution in [3.05, 3.63) is 28.2 Å². The number of nitrogens with one attached hydrogen (secondary N) is 1. The van der Waals surface area contributed by atoms with Crippen LogP contribution in [0, 0.1) is 5.41 Å². The number of halogens is 1. The van der Waals surface area contributed by atoms with Gasteiger partial charge in [-0.05, 0) is 65.2 Å². The molecule has 19 heavy (non-hydrogen) atoms. The Balaban J connectivity index is 1.96. The van der Waals surface area contributed by atoms with Crippen molar-refractivity contribution in [2.24, 2.45) is 5.41 Å². The van der Waals surface area contributed by atoms with Crippen molar-refractivity contribution in [1.29, 1.82) is 0 Å². The zero-order valence-corrected chi connectivity index (χ0v) is 13.0. The zero-order valence-electron chi connectivity index (χ0n) is 11.4. The normalized spacial score (nSPS) is 19.1. The van der Waals surface area contributed by atoms with E-state index in [0.717, 1.165) is 25.7 Å². The number of hydrogen-bond acceptors (Lipinski definition) is 2. The van der Waals surface area contributed by atoms with Crippen LogP contribution in [0.15, 0.2) is 22.7 Å². The molecule has 0 unspecified atom stereocenters. The number of rotatable bonds is 2. The Morgan fingerprint density at radius 2 is 2.00 bits per heavy atom. The molecule has 0 atom stereocenters. The number of aromatic hydroxyl groups is 1. The van der Waals surface area contributed by atoms with Gasteiger partial charge in [0.15, 0.2) is 0 Å². The van der Waals surface area contributed by atoms with E-state index >= 15 is 0 Å². The van der Waals surface area contributed by atoms with E-state index in [0.29, 0.717) is 15.5 Å². The molecular formula is C15H20BrNO2. The van der Waals surface area contributed by atoms with Crippen LogP contribution in [-0.2, 0) is 0 Å². The Hall–Kier alpha value is -1.03. The van der Waals surface area contributed by atoms with Gasteiger partial charge < -0.3 is 10.4 Å². The average molecular weight is 326 g/mol. The van der Waals surface area contributed by atoms with Gasteiger partial charge in [0.2, 0.25) is 0 Å². The van der Waals surface area contributed by atoms with Gasteiger partial charge >= 0.3 is 0 Å². The minimum absolute atomic E-state index is 0.0948. The second-order valence-electron chi connectivity index (χ2n) is 6.08. The van der Waals surface area contributed by atoms with Crippen LogP contribution in [0.5, 0.6) is 5.75 Å². The summed E-state index contributed by atoms with van der Waals surface area (Å²) in [7, 11) is 0. The molecule has 0 spiro atoms. The molecule has 1 saturated carbocycles. The fraction of sp³-hybridized carbons (Fsp3) is 0.533. The summed E-state index contributed by atoms with van der Waals surface area (Å²) in [5.41, 5.74) is 0.905. The highest BCUT2D eigenvalue weighted by Gasteiger charge is 2.27. The van der Waals surface area contributed by atoms with Gasteiger partial charge in [-0.3, -0.25) is 4.79 Å². The minimum Gasteiger partial charge on any atom is -0.507 e. The second-order valence-corrected chi connectivity index (χ2v) is 6.93. The highest BCUT2D eigenvalue weighted by molar-refractivity contribution is 9.10. The van der Waals surface area contributed by atoms with Gasteiger partial charge in [0.25, 0.3) is 5.91 Å². The lowest BCUT2D eigenvalue weighted by Gasteiger charge is -2.34. The van der Waals surface area contributed by atoms with Crippen molar-refractivity contribution in [3.8, 4) is 5.75 Å². The summed E-state index contributed by atoms with van der Waals surface area (Å²) in [5, 5.41) is 12.7. The van der Waals surface area contributed by atoms with Crippen LogP contribution >= 0.6 is 15.9 Å². The van der Waals surface area contributed by atoms with Crippen molar-refractivity contribution in [2.45, 2.75) is 45.6 Å². The van der Waals surface area contributed by atoms with Crippen LogP contribution in [0.4, 0.5) is 0 Å². The molecule has 3 nitrogen and oxygen atoms in total. The van der Waals surface area contributed by atoms with Gasteiger partial charge in [-0.15, -0.1) is 0 Å². The zero-order chi connectivity index (χ0) is 14.0. The maximum atomic E-state index is 12.1. The smallest absolute Gasteiger partial charge is 0.251 e. The van der Waals surface area contributed by atoms with E-state index in [1.807, 2.05) is 0 Å². The van der Waals surface area contributed by atoms with E-state index in [1.165, 1.54) is 6.07 Å². The Morgan fingerprint density at radius 3 is 2.58 bits per heavy atom. The minimum atomic E-state index is -0.104. The molecule has 1 aliphatic rings. The fourth-order valence-corrected chi connectivity index (χ4v) is 2.71. The fourth-order valence-electron chi connectivity index (χ4n) is 2.47. The molecule has 1 aromatic rings. The second kappa shape index (κ2) is 5.53. The summed E-state index contributed by atoms with van der Waals surface area (Å²) in [6.07, 6.45) is 4.34. The van der Waals surface area contributed by atoms with Gasteiger partial charge in [0.1, 0.15) is 5.75 Å². The van der Waals surface area contributed by atoms with Crippen LogP contribution in [0.25, 0.3) is 0 Å².